The number of halogens is 1. The van der Waals surface area contributed by atoms with Crippen LogP contribution in [0, 0.1) is 13.8 Å². The first-order chi connectivity index (χ1) is 11.5. The summed E-state index contributed by atoms with van der Waals surface area (Å²) in [5, 5.41) is 0.0413. The quantitative estimate of drug-likeness (QED) is 0.722. The minimum Gasteiger partial charge on any atom is -0.496 e. The zero-order valence-electron chi connectivity index (χ0n) is 14.0. The molecule has 0 radical (unpaired) electrons. The predicted molar refractivity (Wildman–Crippen MR) is 103 cm³/mol. The Morgan fingerprint density at radius 2 is 2.04 bits per heavy atom. The number of benzene rings is 2. The van der Waals surface area contributed by atoms with Crippen LogP contribution < -0.4 is 4.74 Å². The first-order valence-electron chi connectivity index (χ1n) is 7.84. The number of nitrogens with zero attached hydrogens (tertiary/aromatic N) is 1. The molecule has 3 rings (SSSR count). The van der Waals surface area contributed by atoms with E-state index in [0.717, 1.165) is 44.8 Å². The average Bonchev–Trinajstić information content (AvgIpc) is 3.06. The molecular formula is C19H20BrNO2S. The number of amides is 1. The highest BCUT2D eigenvalue weighted by atomic mass is 79.9. The Kier molecular flexibility index (Phi) is 5.21. The Labute approximate surface area is 155 Å². The van der Waals surface area contributed by atoms with Crippen molar-refractivity contribution < 1.29 is 9.53 Å². The SMILES string of the molecule is COc1ccc(C2SCCN2C(=O)c2cc(C)ccc2C)cc1Br. The van der Waals surface area contributed by atoms with Crippen molar-refractivity contribution in [2.75, 3.05) is 19.4 Å². The maximum atomic E-state index is 13.1. The monoisotopic (exact) mass is 405 g/mol. The van der Waals surface area contributed by atoms with Gasteiger partial charge in [0.2, 0.25) is 0 Å². The molecule has 0 N–H and O–H groups in total. The van der Waals surface area contributed by atoms with Crippen LogP contribution in [-0.4, -0.2) is 30.2 Å². The van der Waals surface area contributed by atoms with E-state index in [1.165, 1.54) is 0 Å². The Balaban J connectivity index is 1.91. The molecule has 126 valence electrons. The van der Waals surface area contributed by atoms with Crippen molar-refractivity contribution in [3.05, 3.63) is 63.1 Å². The van der Waals surface area contributed by atoms with Crippen LogP contribution in [0.25, 0.3) is 0 Å². The highest BCUT2D eigenvalue weighted by Gasteiger charge is 2.32. The lowest BCUT2D eigenvalue weighted by molar-refractivity contribution is 0.0759. The molecule has 3 nitrogen and oxygen atoms in total. The van der Waals surface area contributed by atoms with Gasteiger partial charge in [-0.05, 0) is 59.1 Å². The standard InChI is InChI=1S/C19H20BrNO2S/c1-12-4-5-13(2)15(10-12)18(22)21-8-9-24-19(21)14-6-7-17(23-3)16(20)11-14/h4-7,10-11,19H,8-9H2,1-3H3. The van der Waals surface area contributed by atoms with Gasteiger partial charge in [-0.2, -0.15) is 0 Å². The molecule has 5 heteroatoms. The van der Waals surface area contributed by atoms with Crippen LogP contribution in [-0.2, 0) is 0 Å². The molecule has 0 saturated carbocycles. The van der Waals surface area contributed by atoms with Crippen LogP contribution in [0.2, 0.25) is 0 Å². The molecule has 1 aliphatic rings. The molecule has 0 bridgehead atoms. The summed E-state index contributed by atoms with van der Waals surface area (Å²) in [5.41, 5.74) is 4.05. The molecule has 2 aromatic rings. The van der Waals surface area contributed by atoms with Gasteiger partial charge < -0.3 is 9.64 Å². The smallest absolute Gasteiger partial charge is 0.255 e. The molecule has 1 atom stereocenters. The van der Waals surface area contributed by atoms with Crippen molar-refractivity contribution in [3.63, 3.8) is 0 Å². The number of hydrogen-bond donors (Lipinski definition) is 0. The number of hydrogen-bond acceptors (Lipinski definition) is 3. The number of carbonyl (C=O) groups excluding carboxylic acids is 1. The topological polar surface area (TPSA) is 29.5 Å². The molecule has 1 heterocycles. The third-order valence-corrected chi connectivity index (χ3v) is 6.12. The van der Waals surface area contributed by atoms with Crippen LogP contribution in [0.4, 0.5) is 0 Å². The molecule has 0 aliphatic carbocycles. The lowest BCUT2D eigenvalue weighted by Gasteiger charge is -2.25. The molecular weight excluding hydrogens is 386 g/mol. The highest BCUT2D eigenvalue weighted by molar-refractivity contribution is 9.10. The Hall–Kier alpha value is -1.46. The van der Waals surface area contributed by atoms with Gasteiger partial charge in [-0.3, -0.25) is 4.79 Å². The van der Waals surface area contributed by atoms with E-state index in [9.17, 15) is 4.79 Å². The fourth-order valence-electron chi connectivity index (χ4n) is 2.91. The lowest BCUT2D eigenvalue weighted by Crippen LogP contribution is -2.31. The van der Waals surface area contributed by atoms with E-state index >= 15 is 0 Å². The highest BCUT2D eigenvalue weighted by Crippen LogP contribution is 2.41. The van der Waals surface area contributed by atoms with Crippen LogP contribution in [0.1, 0.15) is 32.4 Å². The molecule has 2 aromatic carbocycles. The van der Waals surface area contributed by atoms with Gasteiger partial charge in [-0.15, -0.1) is 11.8 Å². The van der Waals surface area contributed by atoms with Crippen molar-refractivity contribution in [3.8, 4) is 5.75 Å². The molecule has 0 spiro atoms. The number of thioether (sulfide) groups is 1. The third kappa shape index (κ3) is 3.33. The summed E-state index contributed by atoms with van der Waals surface area (Å²) in [7, 11) is 1.65. The van der Waals surface area contributed by atoms with E-state index < -0.39 is 0 Å². The van der Waals surface area contributed by atoms with Gasteiger partial charge in [0.15, 0.2) is 0 Å². The molecule has 1 amide bonds. The summed E-state index contributed by atoms with van der Waals surface area (Å²) in [6.45, 7) is 4.78. The Bertz CT molecular complexity index is 778. The number of carbonyl (C=O) groups is 1. The average molecular weight is 406 g/mol. The molecule has 24 heavy (non-hydrogen) atoms. The fraction of sp³-hybridized carbons (Fsp3) is 0.316. The maximum absolute atomic E-state index is 13.1. The molecule has 0 aromatic heterocycles. The van der Waals surface area contributed by atoms with E-state index in [0.29, 0.717) is 0 Å². The Morgan fingerprint density at radius 1 is 1.25 bits per heavy atom. The van der Waals surface area contributed by atoms with E-state index in [1.807, 2.05) is 55.1 Å². The number of rotatable bonds is 3. The first kappa shape index (κ1) is 17.4. The van der Waals surface area contributed by atoms with Gasteiger partial charge >= 0.3 is 0 Å². The first-order valence-corrected chi connectivity index (χ1v) is 9.68. The number of ether oxygens (including phenoxy) is 1. The van der Waals surface area contributed by atoms with Crippen molar-refractivity contribution in [2.24, 2.45) is 0 Å². The second kappa shape index (κ2) is 7.19. The van der Waals surface area contributed by atoms with Gasteiger partial charge in [0.05, 0.1) is 11.6 Å². The second-order valence-electron chi connectivity index (χ2n) is 5.93. The van der Waals surface area contributed by atoms with E-state index in [1.54, 1.807) is 18.9 Å². The normalized spacial score (nSPS) is 17.2. The van der Waals surface area contributed by atoms with Gasteiger partial charge in [-0.1, -0.05) is 23.8 Å². The lowest BCUT2D eigenvalue weighted by atomic mass is 10.0. The summed E-state index contributed by atoms with van der Waals surface area (Å²) >= 11 is 5.34. The van der Waals surface area contributed by atoms with Crippen molar-refractivity contribution in [2.45, 2.75) is 19.2 Å². The number of aryl methyl sites for hydroxylation is 2. The molecule has 1 fully saturated rings. The second-order valence-corrected chi connectivity index (χ2v) is 7.98. The van der Waals surface area contributed by atoms with E-state index in [4.69, 9.17) is 4.74 Å². The van der Waals surface area contributed by atoms with Gasteiger partial charge in [0, 0.05) is 17.9 Å². The zero-order valence-corrected chi connectivity index (χ0v) is 16.4. The van der Waals surface area contributed by atoms with Gasteiger partial charge in [0.25, 0.3) is 5.91 Å². The van der Waals surface area contributed by atoms with Crippen LogP contribution in [0.15, 0.2) is 40.9 Å². The van der Waals surface area contributed by atoms with Crippen LogP contribution >= 0.6 is 27.7 Å². The largest absolute Gasteiger partial charge is 0.496 e. The molecule has 1 saturated heterocycles. The summed E-state index contributed by atoms with van der Waals surface area (Å²) in [6, 6.07) is 12.1. The fourth-order valence-corrected chi connectivity index (χ4v) is 4.72. The zero-order chi connectivity index (χ0) is 17.3. The minimum atomic E-state index is 0.0413. The summed E-state index contributed by atoms with van der Waals surface area (Å²) in [5.74, 6) is 1.86. The van der Waals surface area contributed by atoms with Gasteiger partial charge in [0.1, 0.15) is 11.1 Å². The van der Waals surface area contributed by atoms with Crippen LogP contribution in [0.5, 0.6) is 5.75 Å². The maximum Gasteiger partial charge on any atom is 0.255 e. The summed E-state index contributed by atoms with van der Waals surface area (Å²) < 4.78 is 6.21. The van der Waals surface area contributed by atoms with Crippen molar-refractivity contribution in [1.29, 1.82) is 0 Å². The van der Waals surface area contributed by atoms with Crippen molar-refractivity contribution >= 4 is 33.6 Å². The Morgan fingerprint density at radius 3 is 2.75 bits per heavy atom. The van der Waals surface area contributed by atoms with E-state index in [-0.39, 0.29) is 11.3 Å². The van der Waals surface area contributed by atoms with E-state index in [2.05, 4.69) is 15.9 Å². The van der Waals surface area contributed by atoms with Gasteiger partial charge in [-0.25, -0.2) is 0 Å². The minimum absolute atomic E-state index is 0.0413. The summed E-state index contributed by atoms with van der Waals surface area (Å²) in [4.78, 5) is 15.1. The predicted octanol–water partition coefficient (Wildman–Crippen LogP) is 4.96. The molecule has 1 aliphatic heterocycles. The summed E-state index contributed by atoms with van der Waals surface area (Å²) in [6.07, 6.45) is 0. The van der Waals surface area contributed by atoms with Crippen molar-refractivity contribution in [1.82, 2.24) is 4.90 Å². The van der Waals surface area contributed by atoms with Crippen LogP contribution in [0.3, 0.4) is 0 Å². The molecule has 1 unspecified atom stereocenters. The number of methoxy groups -OCH3 is 1. The third-order valence-electron chi connectivity index (χ3n) is 4.24.